The van der Waals surface area contributed by atoms with E-state index in [1.54, 1.807) is 18.2 Å². The second-order valence-electron chi connectivity index (χ2n) is 7.83. The van der Waals surface area contributed by atoms with Crippen LogP contribution in [0.1, 0.15) is 16.8 Å². The van der Waals surface area contributed by atoms with Crippen molar-refractivity contribution in [1.82, 2.24) is 14.7 Å². The van der Waals surface area contributed by atoms with Crippen molar-refractivity contribution >= 4 is 51.4 Å². The number of alkyl halides is 3. The van der Waals surface area contributed by atoms with Crippen LogP contribution < -0.4 is 5.73 Å². The number of aliphatic imine (C=N–C) groups is 1. The highest BCUT2D eigenvalue weighted by Crippen LogP contribution is 2.36. The molecule has 2 aliphatic rings. The van der Waals surface area contributed by atoms with Gasteiger partial charge in [-0.15, -0.1) is 0 Å². The first-order valence-corrected chi connectivity index (χ1v) is 11.2. The van der Waals surface area contributed by atoms with Crippen molar-refractivity contribution in [3.63, 3.8) is 0 Å². The molecule has 2 N–H and O–H groups in total. The predicted molar refractivity (Wildman–Crippen MR) is 123 cm³/mol. The van der Waals surface area contributed by atoms with Gasteiger partial charge in [0.1, 0.15) is 0 Å². The number of hydrogen-bond acceptors (Lipinski definition) is 5. The van der Waals surface area contributed by atoms with Crippen LogP contribution in [0.25, 0.3) is 17.0 Å². The van der Waals surface area contributed by atoms with E-state index in [2.05, 4.69) is 10.1 Å². The number of para-hydroxylation sites is 1. The van der Waals surface area contributed by atoms with E-state index in [-0.39, 0.29) is 29.1 Å². The summed E-state index contributed by atoms with van der Waals surface area (Å²) in [6.45, 7) is 1.18. The van der Waals surface area contributed by atoms with Crippen molar-refractivity contribution in [2.24, 2.45) is 10.7 Å². The van der Waals surface area contributed by atoms with E-state index < -0.39 is 11.7 Å². The maximum atomic E-state index is 13.6. The number of thioether (sulfide) groups is 1. The maximum absolute atomic E-state index is 13.6. The molecule has 5 rings (SSSR count). The molecule has 3 aromatic rings. The summed E-state index contributed by atoms with van der Waals surface area (Å²) in [4.78, 5) is 18.9. The molecule has 6 nitrogen and oxygen atoms in total. The smallest absolute Gasteiger partial charge is 0.348 e. The molecule has 11 heteroatoms. The number of fused-ring (bicyclic) bond motifs is 1. The Labute approximate surface area is 195 Å². The van der Waals surface area contributed by atoms with Gasteiger partial charge in [0.05, 0.1) is 28.2 Å². The summed E-state index contributed by atoms with van der Waals surface area (Å²) < 4.78 is 42.2. The van der Waals surface area contributed by atoms with Crippen molar-refractivity contribution in [2.45, 2.75) is 18.8 Å². The molecule has 0 aliphatic carbocycles. The third-order valence-electron chi connectivity index (χ3n) is 5.44. The average Bonchev–Trinajstić information content (AvgIpc) is 3.27. The molecule has 1 aromatic heterocycles. The van der Waals surface area contributed by atoms with Gasteiger partial charge in [0.15, 0.2) is 5.17 Å². The zero-order valence-electron chi connectivity index (χ0n) is 17.0. The lowest BCUT2D eigenvalue weighted by molar-refractivity contribution is -0.138. The molecule has 0 bridgehead atoms. The second kappa shape index (κ2) is 8.19. The Morgan fingerprint density at radius 2 is 1.97 bits per heavy atom. The summed E-state index contributed by atoms with van der Waals surface area (Å²) in [7, 11) is 0. The second-order valence-corrected chi connectivity index (χ2v) is 9.28. The van der Waals surface area contributed by atoms with E-state index in [9.17, 15) is 18.0 Å². The predicted octanol–water partition coefficient (Wildman–Crippen LogP) is 4.37. The third kappa shape index (κ3) is 4.25. The van der Waals surface area contributed by atoms with Gasteiger partial charge in [0.25, 0.3) is 5.91 Å². The largest absolute Gasteiger partial charge is 0.416 e. The molecule has 0 unspecified atom stereocenters. The molecule has 33 heavy (non-hydrogen) atoms. The number of hydrogen-bond donors (Lipinski definition) is 1. The van der Waals surface area contributed by atoms with Crippen molar-refractivity contribution in [2.75, 3.05) is 13.1 Å². The van der Waals surface area contributed by atoms with Crippen LogP contribution >= 0.6 is 23.4 Å². The first-order chi connectivity index (χ1) is 15.7. The fourth-order valence-electron chi connectivity index (χ4n) is 3.82. The molecular formula is C22H17ClF3N5OS. The summed E-state index contributed by atoms with van der Waals surface area (Å²) in [6, 6.07) is 11.0. The van der Waals surface area contributed by atoms with Crippen molar-refractivity contribution in [1.29, 1.82) is 0 Å². The molecule has 1 amide bonds. The fourth-order valence-corrected chi connectivity index (χ4v) is 4.90. The van der Waals surface area contributed by atoms with Gasteiger partial charge >= 0.3 is 6.18 Å². The van der Waals surface area contributed by atoms with Crippen molar-refractivity contribution < 1.29 is 18.0 Å². The molecule has 170 valence electrons. The van der Waals surface area contributed by atoms with E-state index in [0.717, 1.165) is 11.5 Å². The SMILES string of the molecule is NC1CN(C2=NC(=O)C(=Cc3nn(Cc4ccc(Cl)cc4C(F)(F)F)c4ccccc34)S2)C1. The number of amides is 1. The Kier molecular flexibility index (Phi) is 5.46. The zero-order chi connectivity index (χ0) is 23.3. The molecule has 0 spiro atoms. The fraction of sp³-hybridized carbons (Fsp3) is 0.227. The standard InChI is InChI=1S/C22H17ClF3N5OS/c23-13-6-5-12(16(7-13)22(24,25)26)9-31-18-4-2-1-3-15(18)17(29-31)8-19-20(32)28-21(33-19)30-10-14(27)11-30/h1-8,14H,9-11,27H2. The number of nitrogens with zero attached hydrogens (tertiary/aromatic N) is 4. The van der Waals surface area contributed by atoms with Crippen LogP contribution in [0, 0.1) is 0 Å². The summed E-state index contributed by atoms with van der Waals surface area (Å²) in [5, 5.41) is 5.87. The number of rotatable bonds is 3. The topological polar surface area (TPSA) is 76.5 Å². The molecule has 3 heterocycles. The number of benzene rings is 2. The maximum Gasteiger partial charge on any atom is 0.416 e. The van der Waals surface area contributed by atoms with Crippen molar-refractivity contribution in [3.05, 3.63) is 69.2 Å². The Morgan fingerprint density at radius 1 is 1.21 bits per heavy atom. The third-order valence-corrected chi connectivity index (χ3v) is 6.72. The van der Waals surface area contributed by atoms with Crippen LogP contribution in [0.3, 0.4) is 0 Å². The van der Waals surface area contributed by atoms with E-state index >= 15 is 0 Å². The Balaban J connectivity index is 1.49. The van der Waals surface area contributed by atoms with Crippen LogP contribution in [0.15, 0.2) is 52.4 Å². The number of aromatic nitrogens is 2. The normalized spacial score (nSPS) is 18.3. The molecule has 0 radical (unpaired) electrons. The minimum absolute atomic E-state index is 0.0116. The van der Waals surface area contributed by atoms with Gasteiger partial charge in [-0.2, -0.15) is 23.3 Å². The van der Waals surface area contributed by atoms with Crippen LogP contribution in [0.2, 0.25) is 5.02 Å². The van der Waals surface area contributed by atoms with Gasteiger partial charge < -0.3 is 10.6 Å². The molecule has 2 aliphatic heterocycles. The van der Waals surface area contributed by atoms with E-state index in [1.165, 1.54) is 28.6 Å². The van der Waals surface area contributed by atoms with Gasteiger partial charge in [-0.25, -0.2) is 0 Å². The number of carbonyl (C=O) groups excluding carboxylic acids is 1. The van der Waals surface area contributed by atoms with Gasteiger partial charge in [0, 0.05) is 29.5 Å². The molecule has 0 atom stereocenters. The van der Waals surface area contributed by atoms with E-state index in [0.29, 0.717) is 34.4 Å². The van der Waals surface area contributed by atoms with Gasteiger partial charge in [-0.1, -0.05) is 35.9 Å². The van der Waals surface area contributed by atoms with Gasteiger partial charge in [-0.3, -0.25) is 9.48 Å². The lowest BCUT2D eigenvalue weighted by atomic mass is 10.1. The average molecular weight is 492 g/mol. The Bertz CT molecular complexity index is 1330. The molecular weight excluding hydrogens is 475 g/mol. The minimum atomic E-state index is -4.55. The molecule has 0 saturated carbocycles. The van der Waals surface area contributed by atoms with Crippen molar-refractivity contribution in [3.8, 4) is 0 Å². The highest BCUT2D eigenvalue weighted by Gasteiger charge is 2.34. The lowest BCUT2D eigenvalue weighted by Crippen LogP contribution is -2.56. The summed E-state index contributed by atoms with van der Waals surface area (Å²) in [6.07, 6.45) is -2.91. The highest BCUT2D eigenvalue weighted by atomic mass is 35.5. The molecule has 2 aromatic carbocycles. The number of likely N-dealkylation sites (tertiary alicyclic amines) is 1. The Morgan fingerprint density at radius 3 is 2.70 bits per heavy atom. The summed E-state index contributed by atoms with van der Waals surface area (Å²) in [5.74, 6) is -0.369. The monoisotopic (exact) mass is 491 g/mol. The summed E-state index contributed by atoms with van der Waals surface area (Å²) >= 11 is 7.05. The minimum Gasteiger partial charge on any atom is -0.348 e. The van der Waals surface area contributed by atoms with E-state index in [4.69, 9.17) is 17.3 Å². The van der Waals surface area contributed by atoms with Crippen LogP contribution in [-0.4, -0.2) is 44.9 Å². The Hall–Kier alpha value is -2.82. The quantitative estimate of drug-likeness (QED) is 0.551. The van der Waals surface area contributed by atoms with Crippen LogP contribution in [-0.2, 0) is 17.5 Å². The number of carbonyl (C=O) groups is 1. The first-order valence-electron chi connectivity index (χ1n) is 10.0. The highest BCUT2D eigenvalue weighted by molar-refractivity contribution is 8.18. The lowest BCUT2D eigenvalue weighted by Gasteiger charge is -2.37. The first kappa shape index (κ1) is 22.0. The number of halogens is 4. The number of amidine groups is 1. The van der Waals surface area contributed by atoms with Gasteiger partial charge in [-0.05, 0) is 41.6 Å². The molecule has 1 fully saturated rings. The zero-order valence-corrected chi connectivity index (χ0v) is 18.6. The van der Waals surface area contributed by atoms with Crippen LogP contribution in [0.5, 0.6) is 0 Å². The van der Waals surface area contributed by atoms with E-state index in [1.807, 2.05) is 17.0 Å². The number of nitrogens with two attached hydrogens (primary N) is 1. The van der Waals surface area contributed by atoms with Crippen LogP contribution in [0.4, 0.5) is 13.2 Å². The van der Waals surface area contributed by atoms with Gasteiger partial charge in [0.2, 0.25) is 0 Å². The summed E-state index contributed by atoms with van der Waals surface area (Å²) in [5.41, 5.74) is 6.19. The molecule has 1 saturated heterocycles.